The summed E-state index contributed by atoms with van der Waals surface area (Å²) in [7, 11) is 0. The standard InChI is InChI=1S/C20H27/c1-2-3-4-5-6-7-8-9-13-18-15-12-16-19-14-10-11-17-20(18)19/h10-12,14,16-17H,2-9,13H2,1H3. The molecule has 2 rings (SSSR count). The summed E-state index contributed by atoms with van der Waals surface area (Å²) in [5, 5.41) is 2.73. The van der Waals surface area contributed by atoms with E-state index in [4.69, 9.17) is 0 Å². The molecule has 0 saturated carbocycles. The molecule has 0 N–H and O–H groups in total. The van der Waals surface area contributed by atoms with Crippen LogP contribution in [0.4, 0.5) is 0 Å². The Bertz CT molecular complexity index is 493. The van der Waals surface area contributed by atoms with Crippen LogP contribution in [0.15, 0.2) is 36.4 Å². The zero-order chi connectivity index (χ0) is 14.0. The van der Waals surface area contributed by atoms with Gasteiger partial charge in [-0.25, -0.2) is 0 Å². The minimum Gasteiger partial charge on any atom is -0.0654 e. The molecule has 0 spiro atoms. The van der Waals surface area contributed by atoms with Crippen LogP contribution in [-0.4, -0.2) is 0 Å². The molecule has 0 nitrogen and oxygen atoms in total. The number of fused-ring (bicyclic) bond motifs is 1. The lowest BCUT2D eigenvalue weighted by Crippen LogP contribution is -1.89. The van der Waals surface area contributed by atoms with Crippen LogP contribution in [0.3, 0.4) is 0 Å². The SMILES string of the molecule is CCCCCCCCCCc1[c]ccc2ccccc12. The van der Waals surface area contributed by atoms with E-state index in [0.717, 1.165) is 0 Å². The molecule has 0 aliphatic rings. The van der Waals surface area contributed by atoms with Crippen LogP contribution in [0, 0.1) is 6.07 Å². The highest BCUT2D eigenvalue weighted by atomic mass is 14.0. The first-order valence-corrected chi connectivity index (χ1v) is 8.30. The first-order chi connectivity index (χ1) is 9.92. The molecule has 0 heterocycles. The van der Waals surface area contributed by atoms with Crippen molar-refractivity contribution in [1.82, 2.24) is 0 Å². The van der Waals surface area contributed by atoms with Gasteiger partial charge in [-0.2, -0.15) is 0 Å². The molecule has 0 unspecified atom stereocenters. The van der Waals surface area contributed by atoms with Crippen molar-refractivity contribution in [2.45, 2.75) is 64.7 Å². The topological polar surface area (TPSA) is 0 Å². The Balaban J connectivity index is 1.71. The second kappa shape index (κ2) is 8.79. The van der Waals surface area contributed by atoms with Gasteiger partial charge in [-0.1, -0.05) is 88.3 Å². The lowest BCUT2D eigenvalue weighted by atomic mass is 9.99. The molecular formula is C20H27. The van der Waals surface area contributed by atoms with Gasteiger partial charge in [0.25, 0.3) is 0 Å². The fourth-order valence-corrected chi connectivity index (χ4v) is 2.87. The minimum atomic E-state index is 1.18. The van der Waals surface area contributed by atoms with E-state index in [1.807, 2.05) is 0 Å². The third-order valence-corrected chi connectivity index (χ3v) is 4.09. The Kier molecular flexibility index (Phi) is 6.63. The van der Waals surface area contributed by atoms with E-state index < -0.39 is 0 Å². The second-order valence-corrected chi connectivity index (χ2v) is 5.77. The first-order valence-electron chi connectivity index (χ1n) is 8.30. The molecule has 0 bridgehead atoms. The molecule has 0 aromatic heterocycles. The molecule has 20 heavy (non-hydrogen) atoms. The van der Waals surface area contributed by atoms with Gasteiger partial charge in [-0.05, 0) is 35.2 Å². The Morgan fingerprint density at radius 2 is 1.50 bits per heavy atom. The van der Waals surface area contributed by atoms with E-state index in [9.17, 15) is 0 Å². The number of unbranched alkanes of at least 4 members (excludes halogenated alkanes) is 7. The first kappa shape index (κ1) is 15.1. The predicted octanol–water partition coefficient (Wildman–Crippen LogP) is 6.32. The molecule has 2 aromatic rings. The number of benzene rings is 2. The summed E-state index contributed by atoms with van der Waals surface area (Å²) >= 11 is 0. The summed E-state index contributed by atoms with van der Waals surface area (Å²) in [5.41, 5.74) is 1.40. The maximum Gasteiger partial charge on any atom is -0.0143 e. The van der Waals surface area contributed by atoms with Gasteiger partial charge < -0.3 is 0 Å². The van der Waals surface area contributed by atoms with Crippen molar-refractivity contribution in [1.29, 1.82) is 0 Å². The average molecular weight is 267 g/mol. The third kappa shape index (κ3) is 4.67. The van der Waals surface area contributed by atoms with E-state index in [2.05, 4.69) is 49.4 Å². The molecule has 107 valence electrons. The van der Waals surface area contributed by atoms with Gasteiger partial charge in [-0.3, -0.25) is 0 Å². The monoisotopic (exact) mass is 267 g/mol. The van der Waals surface area contributed by atoms with E-state index >= 15 is 0 Å². The van der Waals surface area contributed by atoms with Crippen LogP contribution in [0.1, 0.15) is 63.9 Å². The maximum atomic E-state index is 3.43. The lowest BCUT2D eigenvalue weighted by Gasteiger charge is -2.06. The summed E-state index contributed by atoms with van der Waals surface area (Å²) in [6.45, 7) is 2.28. The van der Waals surface area contributed by atoms with E-state index in [-0.39, 0.29) is 0 Å². The van der Waals surface area contributed by atoms with Crippen LogP contribution < -0.4 is 0 Å². The maximum absolute atomic E-state index is 3.43. The van der Waals surface area contributed by atoms with Crippen molar-refractivity contribution < 1.29 is 0 Å². The minimum absolute atomic E-state index is 1.18. The fraction of sp³-hybridized carbons (Fsp3) is 0.500. The molecule has 2 aromatic carbocycles. The van der Waals surface area contributed by atoms with Crippen molar-refractivity contribution in [3.05, 3.63) is 48.0 Å². The van der Waals surface area contributed by atoms with Gasteiger partial charge in [0, 0.05) is 0 Å². The average Bonchev–Trinajstić information content (AvgIpc) is 2.50. The van der Waals surface area contributed by atoms with Gasteiger partial charge in [0.15, 0.2) is 0 Å². The summed E-state index contributed by atoms with van der Waals surface area (Å²) in [4.78, 5) is 0. The molecule has 0 atom stereocenters. The molecule has 0 amide bonds. The second-order valence-electron chi connectivity index (χ2n) is 5.77. The highest BCUT2D eigenvalue weighted by molar-refractivity contribution is 5.85. The van der Waals surface area contributed by atoms with Crippen molar-refractivity contribution in [3.63, 3.8) is 0 Å². The molecule has 0 fully saturated rings. The van der Waals surface area contributed by atoms with Crippen LogP contribution in [-0.2, 0) is 6.42 Å². The smallest absolute Gasteiger partial charge is 0.0143 e. The Morgan fingerprint density at radius 1 is 0.800 bits per heavy atom. The zero-order valence-corrected chi connectivity index (χ0v) is 12.8. The summed E-state index contributed by atoms with van der Waals surface area (Å²) in [6.07, 6.45) is 12.3. The summed E-state index contributed by atoms with van der Waals surface area (Å²) in [6, 6.07) is 16.3. The lowest BCUT2D eigenvalue weighted by molar-refractivity contribution is 0.576. The van der Waals surface area contributed by atoms with Gasteiger partial charge in [0.05, 0.1) is 0 Å². The molecule has 0 heteroatoms. The van der Waals surface area contributed by atoms with E-state index in [0.29, 0.717) is 0 Å². The van der Waals surface area contributed by atoms with Gasteiger partial charge in [0.2, 0.25) is 0 Å². The summed E-state index contributed by atoms with van der Waals surface area (Å²) in [5.74, 6) is 0. The van der Waals surface area contributed by atoms with E-state index in [1.165, 1.54) is 74.1 Å². The molecule has 0 aliphatic carbocycles. The normalized spacial score (nSPS) is 11.1. The predicted molar refractivity (Wildman–Crippen MR) is 89.1 cm³/mol. The number of rotatable bonds is 9. The van der Waals surface area contributed by atoms with Crippen molar-refractivity contribution in [3.8, 4) is 0 Å². The fourth-order valence-electron chi connectivity index (χ4n) is 2.87. The number of hydrogen-bond acceptors (Lipinski definition) is 0. The largest absolute Gasteiger partial charge is 0.0654 e. The third-order valence-electron chi connectivity index (χ3n) is 4.09. The Morgan fingerprint density at radius 3 is 2.30 bits per heavy atom. The van der Waals surface area contributed by atoms with Gasteiger partial charge in [0.1, 0.15) is 0 Å². The molecule has 0 aliphatic heterocycles. The van der Waals surface area contributed by atoms with Crippen LogP contribution in [0.25, 0.3) is 10.8 Å². The van der Waals surface area contributed by atoms with Crippen LogP contribution in [0.2, 0.25) is 0 Å². The number of aryl methyl sites for hydroxylation is 1. The molecule has 1 radical (unpaired) electrons. The van der Waals surface area contributed by atoms with Gasteiger partial charge >= 0.3 is 0 Å². The highest BCUT2D eigenvalue weighted by Gasteiger charge is 2.00. The highest BCUT2D eigenvalue weighted by Crippen LogP contribution is 2.20. The summed E-state index contributed by atoms with van der Waals surface area (Å²) < 4.78 is 0. The van der Waals surface area contributed by atoms with Crippen molar-refractivity contribution in [2.24, 2.45) is 0 Å². The Labute approximate surface area is 124 Å². The van der Waals surface area contributed by atoms with Crippen molar-refractivity contribution in [2.75, 3.05) is 0 Å². The van der Waals surface area contributed by atoms with Crippen LogP contribution >= 0.6 is 0 Å². The van der Waals surface area contributed by atoms with Crippen molar-refractivity contribution >= 4 is 10.8 Å². The molecular weight excluding hydrogens is 240 g/mol. The van der Waals surface area contributed by atoms with E-state index in [1.54, 1.807) is 0 Å². The zero-order valence-electron chi connectivity index (χ0n) is 12.8. The Hall–Kier alpha value is -1.30. The quantitative estimate of drug-likeness (QED) is 0.466. The van der Waals surface area contributed by atoms with Gasteiger partial charge in [-0.15, -0.1) is 0 Å². The molecule has 0 saturated heterocycles. The number of hydrogen-bond donors (Lipinski definition) is 0. The van der Waals surface area contributed by atoms with Crippen LogP contribution in [0.5, 0.6) is 0 Å².